The summed E-state index contributed by atoms with van der Waals surface area (Å²) < 4.78 is 36.4. The Morgan fingerprint density at radius 1 is 1.43 bits per heavy atom. The number of aromatic nitrogens is 1. The Balaban J connectivity index is 3.21. The molecule has 1 heterocycles. The highest BCUT2D eigenvalue weighted by Crippen LogP contribution is 2.34. The van der Waals surface area contributed by atoms with Gasteiger partial charge in [-0.3, -0.25) is 9.78 Å². The summed E-state index contributed by atoms with van der Waals surface area (Å²) >= 11 is 10.3. The maximum Gasteiger partial charge on any atom is 0.419 e. The number of nitrogens with zero attached hydrogens (tertiary/aromatic N) is 1. The molecular formula is C7H2Cl2F3NO. The predicted molar refractivity (Wildman–Crippen MR) is 44.4 cm³/mol. The van der Waals surface area contributed by atoms with E-state index in [1.54, 1.807) is 0 Å². The number of hydrogen-bond acceptors (Lipinski definition) is 2. The smallest absolute Gasteiger partial charge is 0.274 e. The highest BCUT2D eigenvalue weighted by molar-refractivity contribution is 6.67. The van der Waals surface area contributed by atoms with Gasteiger partial charge in [0.05, 0.1) is 10.6 Å². The van der Waals surface area contributed by atoms with Crippen molar-refractivity contribution in [2.24, 2.45) is 0 Å². The minimum atomic E-state index is -4.59. The van der Waals surface area contributed by atoms with E-state index in [0.717, 1.165) is 6.07 Å². The van der Waals surface area contributed by atoms with E-state index in [-0.39, 0.29) is 5.69 Å². The van der Waals surface area contributed by atoms with Crippen LogP contribution in [0.2, 0.25) is 5.02 Å². The molecule has 0 aliphatic rings. The Labute approximate surface area is 86.6 Å². The molecule has 0 aliphatic heterocycles. The summed E-state index contributed by atoms with van der Waals surface area (Å²) in [4.78, 5) is 13.7. The largest absolute Gasteiger partial charge is 0.419 e. The highest BCUT2D eigenvalue weighted by atomic mass is 35.5. The van der Waals surface area contributed by atoms with Crippen LogP contribution >= 0.6 is 23.2 Å². The second kappa shape index (κ2) is 3.74. The van der Waals surface area contributed by atoms with Crippen LogP contribution in [0.1, 0.15) is 16.1 Å². The number of carbonyl (C=O) groups excluding carboxylic acids is 1. The lowest BCUT2D eigenvalue weighted by Crippen LogP contribution is -2.08. The topological polar surface area (TPSA) is 30.0 Å². The average molecular weight is 244 g/mol. The molecule has 0 spiro atoms. The van der Waals surface area contributed by atoms with E-state index in [1.807, 2.05) is 0 Å². The molecule has 0 fully saturated rings. The van der Waals surface area contributed by atoms with Gasteiger partial charge in [0, 0.05) is 6.20 Å². The van der Waals surface area contributed by atoms with E-state index >= 15 is 0 Å². The second-order valence-corrected chi connectivity index (χ2v) is 3.07. The fourth-order valence-electron chi connectivity index (χ4n) is 0.747. The molecule has 0 radical (unpaired) electrons. The quantitative estimate of drug-likeness (QED) is 0.710. The maximum atomic E-state index is 12.1. The van der Waals surface area contributed by atoms with Crippen LogP contribution in [0.3, 0.4) is 0 Å². The molecule has 7 heteroatoms. The molecule has 0 atom stereocenters. The molecule has 0 unspecified atom stereocenters. The van der Waals surface area contributed by atoms with E-state index in [0.29, 0.717) is 6.20 Å². The van der Waals surface area contributed by atoms with Crippen molar-refractivity contribution in [2.75, 3.05) is 0 Å². The van der Waals surface area contributed by atoms with Crippen molar-refractivity contribution in [1.29, 1.82) is 0 Å². The fourth-order valence-corrected chi connectivity index (χ4v) is 1.11. The predicted octanol–water partition coefficient (Wildman–Crippen LogP) is 3.13. The van der Waals surface area contributed by atoms with Gasteiger partial charge in [0.1, 0.15) is 5.69 Å². The number of hydrogen-bond donors (Lipinski definition) is 0. The van der Waals surface area contributed by atoms with E-state index in [9.17, 15) is 18.0 Å². The Bertz CT molecular complexity index is 378. The number of alkyl halides is 3. The third-order valence-electron chi connectivity index (χ3n) is 1.36. The van der Waals surface area contributed by atoms with E-state index in [1.165, 1.54) is 0 Å². The summed E-state index contributed by atoms with van der Waals surface area (Å²) in [7, 11) is 0. The molecule has 1 rings (SSSR count). The first-order chi connectivity index (χ1) is 6.32. The lowest BCUT2D eigenvalue weighted by Gasteiger charge is -2.07. The van der Waals surface area contributed by atoms with Crippen LogP contribution in [0.5, 0.6) is 0 Å². The molecule has 0 amide bonds. The molecule has 0 aliphatic carbocycles. The average Bonchev–Trinajstić information content (AvgIpc) is 2.01. The molecular weight excluding hydrogens is 242 g/mol. The maximum absolute atomic E-state index is 12.1. The van der Waals surface area contributed by atoms with Crippen LogP contribution in [0.15, 0.2) is 12.3 Å². The molecule has 1 aromatic rings. The SMILES string of the molecule is O=C(Cl)c1cc(Cl)c(C(F)(F)F)cn1. The van der Waals surface area contributed by atoms with Gasteiger partial charge in [0.2, 0.25) is 0 Å². The van der Waals surface area contributed by atoms with Gasteiger partial charge >= 0.3 is 6.18 Å². The van der Waals surface area contributed by atoms with Crippen molar-refractivity contribution >= 4 is 28.4 Å². The molecule has 0 N–H and O–H groups in total. The summed E-state index contributed by atoms with van der Waals surface area (Å²) in [5.74, 6) is 0. The van der Waals surface area contributed by atoms with Gasteiger partial charge in [-0.2, -0.15) is 13.2 Å². The zero-order valence-electron chi connectivity index (χ0n) is 6.40. The summed E-state index contributed by atoms with van der Waals surface area (Å²) in [5, 5.41) is -1.56. The van der Waals surface area contributed by atoms with Gasteiger partial charge in [-0.15, -0.1) is 0 Å². The van der Waals surface area contributed by atoms with E-state index < -0.39 is 22.0 Å². The van der Waals surface area contributed by atoms with Gasteiger partial charge in [-0.05, 0) is 17.7 Å². The molecule has 76 valence electrons. The molecule has 0 aromatic carbocycles. The van der Waals surface area contributed by atoms with Gasteiger partial charge in [-0.1, -0.05) is 11.6 Å². The summed E-state index contributed by atoms with van der Waals surface area (Å²) in [5.41, 5.74) is -1.41. The molecule has 1 aromatic heterocycles. The van der Waals surface area contributed by atoms with Crippen molar-refractivity contribution in [3.8, 4) is 0 Å². The summed E-state index contributed by atoms with van der Waals surface area (Å²) in [6.45, 7) is 0. The zero-order valence-corrected chi connectivity index (χ0v) is 7.91. The lowest BCUT2D eigenvalue weighted by molar-refractivity contribution is -0.137. The van der Waals surface area contributed by atoms with Crippen LogP contribution in [-0.4, -0.2) is 10.2 Å². The number of halogens is 5. The van der Waals surface area contributed by atoms with E-state index in [2.05, 4.69) is 4.98 Å². The van der Waals surface area contributed by atoms with Crippen LogP contribution < -0.4 is 0 Å². The standard InChI is InChI=1S/C7H2Cl2F3NO/c8-4-1-5(6(9)14)13-2-3(4)7(10,11)12/h1-2H. The zero-order chi connectivity index (χ0) is 10.9. The van der Waals surface area contributed by atoms with Gasteiger partial charge in [0.15, 0.2) is 0 Å². The van der Waals surface area contributed by atoms with Gasteiger partial charge in [-0.25, -0.2) is 0 Å². The van der Waals surface area contributed by atoms with E-state index in [4.69, 9.17) is 23.2 Å². The lowest BCUT2D eigenvalue weighted by atomic mass is 10.2. The van der Waals surface area contributed by atoms with Crippen LogP contribution in [-0.2, 0) is 6.18 Å². The van der Waals surface area contributed by atoms with Crippen LogP contribution in [0, 0.1) is 0 Å². The summed E-state index contributed by atoms with van der Waals surface area (Å²) in [6.07, 6.45) is -4.12. The Kier molecular flexibility index (Phi) is 3.01. The van der Waals surface area contributed by atoms with Crippen LogP contribution in [0.25, 0.3) is 0 Å². The molecule has 0 saturated heterocycles. The molecule has 0 saturated carbocycles. The first-order valence-electron chi connectivity index (χ1n) is 3.25. The van der Waals surface area contributed by atoms with Gasteiger partial charge < -0.3 is 0 Å². The van der Waals surface area contributed by atoms with Crippen molar-refractivity contribution in [2.45, 2.75) is 6.18 Å². The number of rotatable bonds is 1. The molecule has 14 heavy (non-hydrogen) atoms. The Morgan fingerprint density at radius 2 is 2.00 bits per heavy atom. The third kappa shape index (κ3) is 2.36. The minimum Gasteiger partial charge on any atom is -0.274 e. The van der Waals surface area contributed by atoms with Crippen molar-refractivity contribution in [3.05, 3.63) is 28.5 Å². The first kappa shape index (κ1) is 11.3. The number of pyridine rings is 1. The van der Waals surface area contributed by atoms with Crippen LogP contribution in [0.4, 0.5) is 13.2 Å². The van der Waals surface area contributed by atoms with Crippen molar-refractivity contribution in [1.82, 2.24) is 4.98 Å². The fraction of sp³-hybridized carbons (Fsp3) is 0.143. The summed E-state index contributed by atoms with van der Waals surface area (Å²) in [6, 6.07) is 0.777. The number of carbonyl (C=O) groups is 1. The normalized spacial score (nSPS) is 11.5. The Hall–Kier alpha value is -0.810. The molecule has 2 nitrogen and oxygen atoms in total. The van der Waals surface area contributed by atoms with Crippen molar-refractivity contribution < 1.29 is 18.0 Å². The van der Waals surface area contributed by atoms with Gasteiger partial charge in [0.25, 0.3) is 5.24 Å². The monoisotopic (exact) mass is 243 g/mol. The first-order valence-corrected chi connectivity index (χ1v) is 4.00. The second-order valence-electron chi connectivity index (χ2n) is 2.32. The molecule has 0 bridgehead atoms. The minimum absolute atomic E-state index is 0.315. The Morgan fingerprint density at radius 3 is 2.36 bits per heavy atom. The highest BCUT2D eigenvalue weighted by Gasteiger charge is 2.33. The third-order valence-corrected chi connectivity index (χ3v) is 1.87. The van der Waals surface area contributed by atoms with Crippen molar-refractivity contribution in [3.63, 3.8) is 0 Å².